The van der Waals surface area contributed by atoms with Crippen molar-refractivity contribution in [3.63, 3.8) is 0 Å². The van der Waals surface area contributed by atoms with Crippen LogP contribution in [0.5, 0.6) is 0 Å². The molecular weight excluding hydrogens is 288 g/mol. The van der Waals surface area contributed by atoms with Crippen molar-refractivity contribution in [3.8, 4) is 0 Å². The topological polar surface area (TPSA) is 18.5 Å². The van der Waals surface area contributed by atoms with Crippen LogP contribution in [-0.2, 0) is 9.47 Å². The van der Waals surface area contributed by atoms with Crippen LogP contribution in [-0.4, -0.2) is 30.5 Å². The van der Waals surface area contributed by atoms with Gasteiger partial charge in [0, 0.05) is 5.75 Å². The quantitative estimate of drug-likeness (QED) is 0.736. The molecule has 1 aromatic rings. The van der Waals surface area contributed by atoms with Gasteiger partial charge in [-0.05, 0) is 0 Å². The Balaban J connectivity index is 1.79. The van der Waals surface area contributed by atoms with Gasteiger partial charge in [0.05, 0.1) is 26.9 Å². The molecule has 82 valence electrons. The van der Waals surface area contributed by atoms with E-state index < -0.39 is 0 Å². The van der Waals surface area contributed by atoms with Crippen molar-refractivity contribution >= 4 is 58.4 Å². The molecule has 0 saturated carbocycles. The molecule has 1 fully saturated rings. The first kappa shape index (κ1) is 11.0. The van der Waals surface area contributed by atoms with Crippen LogP contribution in [0.2, 0.25) is 0 Å². The largest absolute Gasteiger partial charge is 0.349 e. The molecule has 1 unspecified atom stereocenters. The van der Waals surface area contributed by atoms with Crippen molar-refractivity contribution in [2.24, 2.45) is 0 Å². The molecule has 1 aromatic heterocycles. The van der Waals surface area contributed by atoms with E-state index in [4.69, 9.17) is 21.7 Å². The van der Waals surface area contributed by atoms with Crippen molar-refractivity contribution in [1.29, 1.82) is 0 Å². The van der Waals surface area contributed by atoms with Gasteiger partial charge in [-0.15, -0.1) is 46.2 Å². The van der Waals surface area contributed by atoms with E-state index in [1.54, 1.807) is 22.7 Å². The molecule has 3 heterocycles. The molecule has 1 atom stereocenters. The monoisotopic (exact) mass is 296 g/mol. The molecule has 2 aliphatic heterocycles. The van der Waals surface area contributed by atoms with Crippen LogP contribution in [0.4, 0.5) is 0 Å². The third-order valence-corrected chi connectivity index (χ3v) is 8.19. The zero-order chi connectivity index (χ0) is 10.3. The molecule has 2 aliphatic rings. The maximum absolute atomic E-state index is 5.54. The maximum atomic E-state index is 5.54. The number of rotatable bonds is 1. The van der Waals surface area contributed by atoms with Crippen LogP contribution in [0, 0.1) is 3.14 Å². The molecule has 0 amide bonds. The van der Waals surface area contributed by atoms with Crippen molar-refractivity contribution in [2.45, 2.75) is 20.0 Å². The van der Waals surface area contributed by atoms with Gasteiger partial charge in [0.2, 0.25) is 0 Å². The summed E-state index contributed by atoms with van der Waals surface area (Å²) in [6.07, 6.45) is -0.0173. The molecule has 0 radical (unpaired) electrons. The smallest absolute Gasteiger partial charge is 0.170 e. The van der Waals surface area contributed by atoms with Crippen molar-refractivity contribution in [2.75, 3.05) is 19.0 Å². The van der Waals surface area contributed by atoms with Gasteiger partial charge in [0.1, 0.15) is 3.14 Å². The summed E-state index contributed by atoms with van der Waals surface area (Å²) in [5.74, 6) is 1.06. The maximum Gasteiger partial charge on any atom is 0.170 e. The fraction of sp³-hybridized carbons (Fsp3) is 0.625. The fourth-order valence-corrected chi connectivity index (χ4v) is 8.09. The summed E-state index contributed by atoms with van der Waals surface area (Å²) in [5.41, 5.74) is 0. The summed E-state index contributed by atoms with van der Waals surface area (Å²) in [6, 6.07) is 0. The van der Waals surface area contributed by atoms with Gasteiger partial charge in [-0.3, -0.25) is 0 Å². The van der Waals surface area contributed by atoms with Gasteiger partial charge in [-0.25, -0.2) is 0 Å². The minimum atomic E-state index is -0.0173. The van der Waals surface area contributed by atoms with Crippen LogP contribution in [0.25, 0.3) is 0 Å². The minimum Gasteiger partial charge on any atom is -0.349 e. The Labute approximate surface area is 109 Å². The first-order chi connectivity index (χ1) is 7.33. The standard InChI is InChI=1S/C8H8O2S5/c11-8-14-6-7(15-8)13-4(3-12-6)5-9-1-2-10-5/h4-5H,1-3H2. The average Bonchev–Trinajstić information content (AvgIpc) is 2.82. The molecule has 1 saturated heterocycles. The lowest BCUT2D eigenvalue weighted by Crippen LogP contribution is -2.27. The normalized spacial score (nSPS) is 26.8. The number of hydrogen-bond acceptors (Lipinski definition) is 7. The van der Waals surface area contributed by atoms with Crippen LogP contribution in [0.1, 0.15) is 0 Å². The third kappa shape index (κ3) is 2.29. The van der Waals surface area contributed by atoms with E-state index in [-0.39, 0.29) is 6.29 Å². The highest BCUT2D eigenvalue weighted by Gasteiger charge is 2.32. The Morgan fingerprint density at radius 1 is 1.13 bits per heavy atom. The lowest BCUT2D eigenvalue weighted by molar-refractivity contribution is -0.0378. The van der Waals surface area contributed by atoms with Gasteiger partial charge in [-0.1, -0.05) is 12.2 Å². The van der Waals surface area contributed by atoms with Gasteiger partial charge in [0.25, 0.3) is 0 Å². The molecule has 0 bridgehead atoms. The molecule has 0 aromatic carbocycles. The van der Waals surface area contributed by atoms with E-state index in [9.17, 15) is 0 Å². The molecule has 0 spiro atoms. The van der Waals surface area contributed by atoms with Gasteiger partial charge >= 0.3 is 0 Å². The highest BCUT2D eigenvalue weighted by atomic mass is 32.2. The molecular formula is C8H8O2S5. The summed E-state index contributed by atoms with van der Waals surface area (Å²) < 4.78 is 14.8. The molecule has 7 heteroatoms. The predicted octanol–water partition coefficient (Wildman–Crippen LogP) is 3.48. The lowest BCUT2D eigenvalue weighted by Gasteiger charge is -2.24. The van der Waals surface area contributed by atoms with E-state index in [1.807, 2.05) is 23.5 Å². The highest BCUT2D eigenvalue weighted by molar-refractivity contribution is 8.08. The van der Waals surface area contributed by atoms with Crippen molar-refractivity contribution in [3.05, 3.63) is 3.14 Å². The van der Waals surface area contributed by atoms with Crippen molar-refractivity contribution < 1.29 is 9.47 Å². The molecule has 2 nitrogen and oxygen atoms in total. The molecule has 3 rings (SSSR count). The Hall–Kier alpha value is 0.890. The zero-order valence-electron chi connectivity index (χ0n) is 7.63. The SMILES string of the molecule is S=c1sc2c(s1)SC(C1OCCO1)CS2. The number of hydrogen-bond donors (Lipinski definition) is 0. The van der Waals surface area contributed by atoms with Crippen molar-refractivity contribution in [1.82, 2.24) is 0 Å². The second-order valence-corrected chi connectivity index (χ2v) is 9.13. The fourth-order valence-electron chi connectivity index (χ4n) is 1.47. The van der Waals surface area contributed by atoms with Gasteiger partial charge < -0.3 is 9.47 Å². The van der Waals surface area contributed by atoms with E-state index >= 15 is 0 Å². The molecule has 0 aliphatic carbocycles. The zero-order valence-corrected chi connectivity index (χ0v) is 11.7. The second kappa shape index (κ2) is 4.64. The Kier molecular flexibility index (Phi) is 3.40. The van der Waals surface area contributed by atoms with Crippen LogP contribution in [0.15, 0.2) is 8.42 Å². The van der Waals surface area contributed by atoms with Gasteiger partial charge in [0.15, 0.2) is 6.29 Å². The van der Waals surface area contributed by atoms with Gasteiger partial charge in [-0.2, -0.15) is 0 Å². The van der Waals surface area contributed by atoms with Crippen LogP contribution < -0.4 is 0 Å². The third-order valence-electron chi connectivity index (χ3n) is 2.11. The van der Waals surface area contributed by atoms with E-state index in [1.165, 1.54) is 8.42 Å². The molecule has 0 N–H and O–H groups in total. The minimum absolute atomic E-state index is 0.0173. The summed E-state index contributed by atoms with van der Waals surface area (Å²) >= 11 is 12.4. The predicted molar refractivity (Wildman–Crippen MR) is 69.1 cm³/mol. The first-order valence-corrected chi connectivity index (χ1v) is 8.40. The average molecular weight is 296 g/mol. The highest BCUT2D eigenvalue weighted by Crippen LogP contribution is 2.48. The van der Waals surface area contributed by atoms with E-state index in [0.717, 1.165) is 22.1 Å². The summed E-state index contributed by atoms with van der Waals surface area (Å²) in [5, 5.41) is 0.422. The first-order valence-electron chi connectivity index (χ1n) is 4.49. The van der Waals surface area contributed by atoms with E-state index in [0.29, 0.717) is 5.25 Å². The Morgan fingerprint density at radius 2 is 1.87 bits per heavy atom. The lowest BCUT2D eigenvalue weighted by atomic mass is 10.4. The van der Waals surface area contributed by atoms with Crippen LogP contribution >= 0.6 is 58.4 Å². The summed E-state index contributed by atoms with van der Waals surface area (Å²) in [6.45, 7) is 1.47. The number of fused-ring (bicyclic) bond motifs is 1. The number of thioether (sulfide) groups is 2. The Bertz CT molecular complexity index is 405. The van der Waals surface area contributed by atoms with Crippen LogP contribution in [0.3, 0.4) is 0 Å². The van der Waals surface area contributed by atoms with E-state index in [2.05, 4.69) is 0 Å². The second-order valence-electron chi connectivity index (χ2n) is 3.11. The summed E-state index contributed by atoms with van der Waals surface area (Å²) in [4.78, 5) is 0. The summed E-state index contributed by atoms with van der Waals surface area (Å²) in [7, 11) is 0. The Morgan fingerprint density at radius 3 is 2.67 bits per heavy atom. The number of ether oxygens (including phenoxy) is 2. The molecule has 15 heavy (non-hydrogen) atoms.